The number of benzene rings is 3. The number of aromatic amines is 1. The second-order valence-electron chi connectivity index (χ2n) is 6.85. The van der Waals surface area contributed by atoms with Gasteiger partial charge in [0.25, 0.3) is 0 Å². The fraction of sp³-hybridized carbons (Fsp3) is 0.125. The van der Waals surface area contributed by atoms with E-state index in [1.807, 2.05) is 78.9 Å². The van der Waals surface area contributed by atoms with Crippen molar-refractivity contribution in [3.8, 4) is 11.5 Å². The zero-order valence-electron chi connectivity index (χ0n) is 17.1. The van der Waals surface area contributed by atoms with Gasteiger partial charge < -0.3 is 9.47 Å². The molecule has 31 heavy (non-hydrogen) atoms. The summed E-state index contributed by atoms with van der Waals surface area (Å²) < 4.78 is 13.5. The van der Waals surface area contributed by atoms with Crippen LogP contribution in [-0.4, -0.2) is 28.2 Å². The van der Waals surface area contributed by atoms with E-state index in [0.29, 0.717) is 29.3 Å². The molecule has 0 saturated carbocycles. The summed E-state index contributed by atoms with van der Waals surface area (Å²) in [7, 11) is 1.62. The van der Waals surface area contributed by atoms with Crippen LogP contribution in [0.4, 0.5) is 0 Å². The van der Waals surface area contributed by atoms with Crippen molar-refractivity contribution in [1.29, 1.82) is 0 Å². The molecule has 0 aliphatic rings. The van der Waals surface area contributed by atoms with Gasteiger partial charge in [0.15, 0.2) is 17.3 Å². The third-order valence-corrected chi connectivity index (χ3v) is 4.93. The Hall–Kier alpha value is -3.71. The smallest absolute Gasteiger partial charge is 0.216 e. The second kappa shape index (κ2) is 9.86. The highest BCUT2D eigenvalue weighted by Gasteiger charge is 2.08. The molecule has 0 amide bonds. The first-order chi connectivity index (χ1) is 15.2. The summed E-state index contributed by atoms with van der Waals surface area (Å²) in [6.45, 7) is 0.470. The predicted octanol–water partition coefficient (Wildman–Crippen LogP) is 5.00. The molecule has 6 nitrogen and oxygen atoms in total. The third kappa shape index (κ3) is 5.26. The lowest BCUT2D eigenvalue weighted by atomic mass is 10.1. The number of ether oxygens (including phenoxy) is 2. The van der Waals surface area contributed by atoms with Gasteiger partial charge in [0.2, 0.25) is 4.77 Å². The van der Waals surface area contributed by atoms with E-state index in [1.165, 1.54) is 0 Å². The predicted molar refractivity (Wildman–Crippen MR) is 123 cm³/mol. The summed E-state index contributed by atoms with van der Waals surface area (Å²) in [6.07, 6.45) is 2.35. The zero-order chi connectivity index (χ0) is 21.5. The van der Waals surface area contributed by atoms with Crippen LogP contribution in [0.5, 0.6) is 11.5 Å². The van der Waals surface area contributed by atoms with E-state index in [0.717, 1.165) is 22.5 Å². The van der Waals surface area contributed by atoms with Crippen LogP contribution in [0.25, 0.3) is 0 Å². The molecule has 0 saturated heterocycles. The fourth-order valence-corrected chi connectivity index (χ4v) is 3.28. The van der Waals surface area contributed by atoms with Crippen LogP contribution in [0.15, 0.2) is 84.0 Å². The van der Waals surface area contributed by atoms with E-state index in [-0.39, 0.29) is 0 Å². The molecule has 3 aromatic carbocycles. The maximum Gasteiger partial charge on any atom is 0.216 e. The average Bonchev–Trinajstić information content (AvgIpc) is 3.16. The molecule has 0 atom stereocenters. The van der Waals surface area contributed by atoms with Crippen molar-refractivity contribution in [1.82, 2.24) is 14.9 Å². The minimum Gasteiger partial charge on any atom is -0.493 e. The Morgan fingerprint density at radius 1 is 0.968 bits per heavy atom. The van der Waals surface area contributed by atoms with Crippen molar-refractivity contribution in [3.05, 3.63) is 106 Å². The van der Waals surface area contributed by atoms with E-state index in [2.05, 4.69) is 15.3 Å². The van der Waals surface area contributed by atoms with Crippen LogP contribution in [0.3, 0.4) is 0 Å². The largest absolute Gasteiger partial charge is 0.493 e. The van der Waals surface area contributed by atoms with Crippen molar-refractivity contribution in [2.75, 3.05) is 7.11 Å². The fourth-order valence-electron chi connectivity index (χ4n) is 3.08. The Morgan fingerprint density at radius 3 is 2.39 bits per heavy atom. The first-order valence-corrected chi connectivity index (χ1v) is 10.2. The Labute approximate surface area is 185 Å². The number of hydrogen-bond acceptors (Lipinski definition) is 5. The van der Waals surface area contributed by atoms with Crippen molar-refractivity contribution >= 4 is 18.4 Å². The van der Waals surface area contributed by atoms with Gasteiger partial charge in [-0.1, -0.05) is 60.7 Å². The number of aromatic nitrogens is 3. The van der Waals surface area contributed by atoms with Gasteiger partial charge in [-0.2, -0.15) is 14.9 Å². The highest BCUT2D eigenvalue weighted by molar-refractivity contribution is 7.71. The molecule has 156 valence electrons. The minimum absolute atomic E-state index is 0.442. The topological polar surface area (TPSA) is 64.4 Å². The second-order valence-corrected chi connectivity index (χ2v) is 7.24. The quantitative estimate of drug-likeness (QED) is 0.316. The molecular formula is C24H22N4O2S. The molecule has 0 fully saturated rings. The molecule has 0 radical (unpaired) electrons. The van der Waals surface area contributed by atoms with Crippen LogP contribution in [0.1, 0.15) is 22.5 Å². The van der Waals surface area contributed by atoms with Gasteiger partial charge in [0.05, 0.1) is 13.3 Å². The summed E-state index contributed by atoms with van der Waals surface area (Å²) in [6, 6.07) is 25.8. The molecule has 4 aromatic rings. The number of nitrogens with zero attached hydrogens (tertiary/aromatic N) is 3. The summed E-state index contributed by atoms with van der Waals surface area (Å²) in [5.41, 5.74) is 3.09. The van der Waals surface area contributed by atoms with Gasteiger partial charge in [0, 0.05) is 6.42 Å². The normalized spacial score (nSPS) is 11.0. The molecule has 0 aliphatic heterocycles. The van der Waals surface area contributed by atoms with Crippen LogP contribution in [0, 0.1) is 4.77 Å². The van der Waals surface area contributed by atoms with Gasteiger partial charge >= 0.3 is 0 Å². The van der Waals surface area contributed by atoms with Crippen molar-refractivity contribution < 1.29 is 9.47 Å². The first kappa shape index (κ1) is 20.6. The molecule has 7 heteroatoms. The molecular weight excluding hydrogens is 408 g/mol. The molecule has 0 bridgehead atoms. The monoisotopic (exact) mass is 430 g/mol. The van der Waals surface area contributed by atoms with Crippen LogP contribution in [-0.2, 0) is 13.0 Å². The number of H-pyrrole nitrogens is 1. The van der Waals surface area contributed by atoms with Gasteiger partial charge in [-0.25, -0.2) is 0 Å². The van der Waals surface area contributed by atoms with Gasteiger partial charge in [-0.3, -0.25) is 5.10 Å². The number of hydrogen-bond donors (Lipinski definition) is 1. The van der Waals surface area contributed by atoms with E-state index in [1.54, 1.807) is 18.0 Å². The van der Waals surface area contributed by atoms with E-state index in [4.69, 9.17) is 21.7 Å². The molecule has 1 heterocycles. The molecule has 0 spiro atoms. The Bertz CT molecular complexity index is 1220. The average molecular weight is 431 g/mol. The van der Waals surface area contributed by atoms with Crippen molar-refractivity contribution in [2.45, 2.75) is 13.0 Å². The molecule has 4 rings (SSSR count). The lowest BCUT2D eigenvalue weighted by Gasteiger charge is -2.11. The SMILES string of the molecule is COc1cc(/C=N\n2c(Cc3ccccc3)n[nH]c2=S)ccc1OCc1ccccc1. The Morgan fingerprint density at radius 2 is 1.68 bits per heavy atom. The Balaban J connectivity index is 1.50. The van der Waals surface area contributed by atoms with E-state index in [9.17, 15) is 0 Å². The zero-order valence-corrected chi connectivity index (χ0v) is 17.9. The lowest BCUT2D eigenvalue weighted by molar-refractivity contribution is 0.284. The highest BCUT2D eigenvalue weighted by Crippen LogP contribution is 2.28. The standard InChI is InChI=1S/C24H22N4O2S/c1-29-22-14-20(12-13-21(22)30-17-19-10-6-3-7-11-19)16-25-28-23(26-27-24(28)31)15-18-8-4-2-5-9-18/h2-14,16H,15,17H2,1H3,(H,27,31)/b25-16-. The maximum absolute atomic E-state index is 5.92. The van der Waals surface area contributed by atoms with Crippen LogP contribution >= 0.6 is 12.2 Å². The summed E-state index contributed by atoms with van der Waals surface area (Å²) in [5, 5.41) is 11.7. The molecule has 0 aliphatic carbocycles. The van der Waals surface area contributed by atoms with Gasteiger partial charge in [-0.15, -0.1) is 0 Å². The van der Waals surface area contributed by atoms with Gasteiger partial charge in [0.1, 0.15) is 6.61 Å². The number of methoxy groups -OCH3 is 1. The van der Waals surface area contributed by atoms with Crippen LogP contribution in [0.2, 0.25) is 0 Å². The summed E-state index contributed by atoms with van der Waals surface area (Å²) in [5.74, 6) is 2.05. The minimum atomic E-state index is 0.442. The Kier molecular flexibility index (Phi) is 6.54. The van der Waals surface area contributed by atoms with Gasteiger partial charge in [-0.05, 0) is 47.1 Å². The molecule has 1 aromatic heterocycles. The van der Waals surface area contributed by atoms with Crippen LogP contribution < -0.4 is 9.47 Å². The first-order valence-electron chi connectivity index (χ1n) is 9.82. The summed E-state index contributed by atoms with van der Waals surface area (Å²) >= 11 is 5.34. The van der Waals surface area contributed by atoms with E-state index < -0.39 is 0 Å². The number of nitrogens with one attached hydrogen (secondary N) is 1. The van der Waals surface area contributed by atoms with E-state index >= 15 is 0 Å². The third-order valence-electron chi connectivity index (χ3n) is 4.67. The lowest BCUT2D eigenvalue weighted by Crippen LogP contribution is -2.01. The van der Waals surface area contributed by atoms with Crippen molar-refractivity contribution in [3.63, 3.8) is 0 Å². The molecule has 0 unspecified atom stereocenters. The maximum atomic E-state index is 5.92. The number of rotatable bonds is 8. The molecule has 1 N–H and O–H groups in total. The highest BCUT2D eigenvalue weighted by atomic mass is 32.1. The van der Waals surface area contributed by atoms with Crippen molar-refractivity contribution in [2.24, 2.45) is 5.10 Å². The summed E-state index contributed by atoms with van der Waals surface area (Å²) in [4.78, 5) is 0.